The minimum atomic E-state index is 0.450. The van der Waals surface area contributed by atoms with Crippen molar-refractivity contribution in [1.82, 2.24) is 0 Å². The van der Waals surface area contributed by atoms with Crippen molar-refractivity contribution >= 4 is 17.3 Å². The van der Waals surface area contributed by atoms with Crippen molar-refractivity contribution in [1.29, 1.82) is 0 Å². The smallest absolute Gasteiger partial charge is 0.137 e. The quantitative estimate of drug-likeness (QED) is 0.814. The second-order valence-electron chi connectivity index (χ2n) is 3.57. The fraction of sp³-hybridized carbons (Fsp3) is 0.455. The number of benzene rings is 1. The molecule has 0 aliphatic heterocycles. The van der Waals surface area contributed by atoms with E-state index in [4.69, 9.17) is 22.1 Å². The zero-order chi connectivity index (χ0) is 11.3. The lowest BCUT2D eigenvalue weighted by Crippen LogP contribution is -2.19. The number of hydrogen-bond donors (Lipinski definition) is 2. The van der Waals surface area contributed by atoms with Crippen LogP contribution in [0.4, 0.5) is 5.69 Å². The van der Waals surface area contributed by atoms with Gasteiger partial charge in [0.05, 0.1) is 12.1 Å². The summed E-state index contributed by atoms with van der Waals surface area (Å²) in [6.07, 6.45) is 0. The summed E-state index contributed by atoms with van der Waals surface area (Å²) in [6.45, 7) is 3.62. The van der Waals surface area contributed by atoms with Crippen molar-refractivity contribution in [2.24, 2.45) is 11.7 Å². The van der Waals surface area contributed by atoms with Gasteiger partial charge in [0.25, 0.3) is 0 Å². The van der Waals surface area contributed by atoms with Gasteiger partial charge in [-0.3, -0.25) is 0 Å². The zero-order valence-corrected chi connectivity index (χ0v) is 9.84. The van der Waals surface area contributed by atoms with Crippen molar-refractivity contribution in [2.75, 3.05) is 25.5 Å². The Morgan fingerprint density at radius 2 is 2.27 bits per heavy atom. The Bertz CT molecular complexity index is 317. The average Bonchev–Trinajstić information content (AvgIpc) is 2.26. The normalized spacial score (nSPS) is 12.3. The van der Waals surface area contributed by atoms with Gasteiger partial charge in [0.1, 0.15) is 5.75 Å². The Morgan fingerprint density at radius 3 is 2.80 bits per heavy atom. The van der Waals surface area contributed by atoms with E-state index in [1.54, 1.807) is 7.11 Å². The fourth-order valence-corrected chi connectivity index (χ4v) is 1.41. The van der Waals surface area contributed by atoms with Crippen LogP contribution in [0.15, 0.2) is 18.2 Å². The van der Waals surface area contributed by atoms with E-state index in [-0.39, 0.29) is 0 Å². The third-order valence-corrected chi connectivity index (χ3v) is 2.50. The molecule has 0 fully saturated rings. The van der Waals surface area contributed by atoms with Crippen molar-refractivity contribution < 1.29 is 4.74 Å². The SMILES string of the molecule is COc1ccc(NCC(C)CN)cc1Cl. The molecule has 4 heteroatoms. The molecule has 15 heavy (non-hydrogen) atoms. The Labute approximate surface area is 95.6 Å². The molecule has 1 aromatic carbocycles. The van der Waals surface area contributed by atoms with E-state index in [1.165, 1.54) is 0 Å². The predicted octanol–water partition coefficient (Wildman–Crippen LogP) is 2.36. The molecule has 3 N–H and O–H groups in total. The Balaban J connectivity index is 2.59. The topological polar surface area (TPSA) is 47.3 Å². The summed E-state index contributed by atoms with van der Waals surface area (Å²) in [4.78, 5) is 0. The summed E-state index contributed by atoms with van der Waals surface area (Å²) in [5, 5.41) is 3.88. The molecule has 1 unspecified atom stereocenters. The largest absolute Gasteiger partial charge is 0.495 e. The predicted molar refractivity (Wildman–Crippen MR) is 64.7 cm³/mol. The number of hydrogen-bond acceptors (Lipinski definition) is 3. The first-order chi connectivity index (χ1) is 7.17. The van der Waals surface area contributed by atoms with E-state index in [1.807, 2.05) is 18.2 Å². The van der Waals surface area contributed by atoms with E-state index in [0.717, 1.165) is 12.2 Å². The van der Waals surface area contributed by atoms with Crippen LogP contribution in [0.3, 0.4) is 0 Å². The maximum absolute atomic E-state index is 5.99. The van der Waals surface area contributed by atoms with Crippen molar-refractivity contribution in [3.8, 4) is 5.75 Å². The number of ether oxygens (including phenoxy) is 1. The highest BCUT2D eigenvalue weighted by atomic mass is 35.5. The van der Waals surface area contributed by atoms with Crippen molar-refractivity contribution in [3.05, 3.63) is 23.2 Å². The van der Waals surface area contributed by atoms with Gasteiger partial charge in [0, 0.05) is 12.2 Å². The molecule has 0 saturated carbocycles. The molecule has 0 amide bonds. The van der Waals surface area contributed by atoms with E-state index in [0.29, 0.717) is 23.2 Å². The molecule has 0 aliphatic rings. The Morgan fingerprint density at radius 1 is 1.53 bits per heavy atom. The van der Waals surface area contributed by atoms with Gasteiger partial charge in [-0.1, -0.05) is 18.5 Å². The second kappa shape index (κ2) is 5.83. The number of nitrogens with one attached hydrogen (secondary N) is 1. The molecule has 0 spiro atoms. The van der Waals surface area contributed by atoms with E-state index in [9.17, 15) is 0 Å². The summed E-state index contributed by atoms with van der Waals surface area (Å²) in [5.41, 5.74) is 6.51. The monoisotopic (exact) mass is 228 g/mol. The number of halogens is 1. The third kappa shape index (κ3) is 3.61. The van der Waals surface area contributed by atoms with Gasteiger partial charge in [0.2, 0.25) is 0 Å². The third-order valence-electron chi connectivity index (χ3n) is 2.21. The molecular weight excluding hydrogens is 212 g/mol. The van der Waals surface area contributed by atoms with E-state index >= 15 is 0 Å². The molecule has 0 aromatic heterocycles. The van der Waals surface area contributed by atoms with Crippen molar-refractivity contribution in [2.45, 2.75) is 6.92 Å². The summed E-state index contributed by atoms with van der Waals surface area (Å²) >= 11 is 5.99. The molecular formula is C11H17ClN2O. The van der Waals surface area contributed by atoms with Crippen LogP contribution in [0.1, 0.15) is 6.92 Å². The van der Waals surface area contributed by atoms with Gasteiger partial charge in [-0.05, 0) is 30.7 Å². The average molecular weight is 229 g/mol. The zero-order valence-electron chi connectivity index (χ0n) is 9.09. The fourth-order valence-electron chi connectivity index (χ4n) is 1.15. The van der Waals surface area contributed by atoms with Crippen LogP contribution in [0.25, 0.3) is 0 Å². The highest BCUT2D eigenvalue weighted by molar-refractivity contribution is 6.32. The summed E-state index contributed by atoms with van der Waals surface area (Å²) in [5.74, 6) is 1.14. The molecule has 84 valence electrons. The highest BCUT2D eigenvalue weighted by Crippen LogP contribution is 2.27. The molecule has 1 rings (SSSR count). The van der Waals surface area contributed by atoms with Gasteiger partial charge < -0.3 is 15.8 Å². The van der Waals surface area contributed by atoms with Crippen LogP contribution >= 0.6 is 11.6 Å². The highest BCUT2D eigenvalue weighted by Gasteiger charge is 2.02. The number of methoxy groups -OCH3 is 1. The molecule has 0 bridgehead atoms. The lowest BCUT2D eigenvalue weighted by atomic mass is 10.2. The van der Waals surface area contributed by atoms with Crippen LogP contribution < -0.4 is 15.8 Å². The molecule has 0 radical (unpaired) electrons. The molecule has 0 heterocycles. The summed E-state index contributed by atoms with van der Waals surface area (Å²) < 4.78 is 5.07. The number of nitrogens with two attached hydrogens (primary N) is 1. The summed E-state index contributed by atoms with van der Waals surface area (Å²) in [7, 11) is 1.60. The lowest BCUT2D eigenvalue weighted by Gasteiger charge is -2.12. The van der Waals surface area contributed by atoms with Gasteiger partial charge in [-0.2, -0.15) is 0 Å². The van der Waals surface area contributed by atoms with Crippen LogP contribution in [0.5, 0.6) is 5.75 Å². The molecule has 0 aliphatic carbocycles. The van der Waals surface area contributed by atoms with Gasteiger partial charge in [-0.15, -0.1) is 0 Å². The summed E-state index contributed by atoms with van der Waals surface area (Å²) in [6, 6.07) is 5.63. The standard InChI is InChI=1S/C11H17ClN2O/c1-8(6-13)7-14-9-3-4-11(15-2)10(12)5-9/h3-5,8,14H,6-7,13H2,1-2H3. The van der Waals surface area contributed by atoms with Crippen LogP contribution in [0.2, 0.25) is 5.02 Å². The van der Waals surface area contributed by atoms with Crippen LogP contribution in [-0.4, -0.2) is 20.2 Å². The van der Waals surface area contributed by atoms with E-state index in [2.05, 4.69) is 12.2 Å². The Hall–Kier alpha value is -0.930. The first kappa shape index (κ1) is 12.1. The van der Waals surface area contributed by atoms with Crippen molar-refractivity contribution in [3.63, 3.8) is 0 Å². The maximum Gasteiger partial charge on any atom is 0.137 e. The van der Waals surface area contributed by atoms with Gasteiger partial charge in [-0.25, -0.2) is 0 Å². The van der Waals surface area contributed by atoms with Gasteiger partial charge in [0.15, 0.2) is 0 Å². The van der Waals surface area contributed by atoms with Crippen LogP contribution in [-0.2, 0) is 0 Å². The number of rotatable bonds is 5. The first-order valence-electron chi connectivity index (χ1n) is 4.95. The minimum Gasteiger partial charge on any atom is -0.495 e. The lowest BCUT2D eigenvalue weighted by molar-refractivity contribution is 0.415. The second-order valence-corrected chi connectivity index (χ2v) is 3.98. The maximum atomic E-state index is 5.99. The molecule has 1 aromatic rings. The molecule has 1 atom stereocenters. The minimum absolute atomic E-state index is 0.450. The first-order valence-corrected chi connectivity index (χ1v) is 5.32. The molecule has 3 nitrogen and oxygen atoms in total. The number of anilines is 1. The molecule has 0 saturated heterocycles. The van der Waals surface area contributed by atoms with E-state index < -0.39 is 0 Å². The van der Waals surface area contributed by atoms with Crippen LogP contribution in [0, 0.1) is 5.92 Å². The Kier molecular flexibility index (Phi) is 4.72. The van der Waals surface area contributed by atoms with Gasteiger partial charge >= 0.3 is 0 Å².